The van der Waals surface area contributed by atoms with Crippen molar-refractivity contribution in [2.45, 2.75) is 64.3 Å². The van der Waals surface area contributed by atoms with Crippen LogP contribution in [0.4, 0.5) is 5.69 Å². The lowest BCUT2D eigenvalue weighted by Gasteiger charge is -2.34. The van der Waals surface area contributed by atoms with Gasteiger partial charge in [0.25, 0.3) is 0 Å². The summed E-state index contributed by atoms with van der Waals surface area (Å²) in [7, 11) is 0. The van der Waals surface area contributed by atoms with Gasteiger partial charge in [-0.05, 0) is 66.2 Å². The second-order valence-corrected chi connectivity index (χ2v) is 10.8. The van der Waals surface area contributed by atoms with Crippen LogP contribution in [0.15, 0.2) is 72.8 Å². The zero-order chi connectivity index (χ0) is 24.3. The van der Waals surface area contributed by atoms with Crippen LogP contribution in [0.5, 0.6) is 0 Å². The van der Waals surface area contributed by atoms with Gasteiger partial charge in [0.2, 0.25) is 0 Å². The van der Waals surface area contributed by atoms with Crippen molar-refractivity contribution in [3.63, 3.8) is 0 Å². The van der Waals surface area contributed by atoms with Crippen LogP contribution in [0.3, 0.4) is 0 Å². The van der Waals surface area contributed by atoms with Gasteiger partial charge in [-0.1, -0.05) is 94.3 Å². The van der Waals surface area contributed by atoms with Gasteiger partial charge in [-0.2, -0.15) is 0 Å². The van der Waals surface area contributed by atoms with Crippen molar-refractivity contribution < 1.29 is 4.79 Å². The molecule has 0 spiro atoms. The van der Waals surface area contributed by atoms with Gasteiger partial charge in [-0.25, -0.2) is 0 Å². The Bertz CT molecular complexity index is 1180. The molecule has 0 heterocycles. The van der Waals surface area contributed by atoms with Gasteiger partial charge in [0.15, 0.2) is 10.9 Å². The maximum absolute atomic E-state index is 13.1. The van der Waals surface area contributed by atoms with Gasteiger partial charge in [0.1, 0.15) is 0 Å². The highest BCUT2D eigenvalue weighted by Crippen LogP contribution is 2.40. The Morgan fingerprint density at radius 1 is 0.882 bits per heavy atom. The van der Waals surface area contributed by atoms with E-state index in [4.69, 9.17) is 12.2 Å². The summed E-state index contributed by atoms with van der Waals surface area (Å²) in [6.07, 6.45) is 4.48. The molecule has 176 valence electrons. The largest absolute Gasteiger partial charge is 0.353 e. The molecule has 0 bridgehead atoms. The molecule has 4 heteroatoms. The first-order valence-electron chi connectivity index (χ1n) is 12.1. The normalized spacial score (nSPS) is 15.1. The molecule has 0 aliphatic heterocycles. The van der Waals surface area contributed by atoms with Crippen molar-refractivity contribution in [3.8, 4) is 0 Å². The highest BCUT2D eigenvalue weighted by Gasteiger charge is 2.37. The number of carbonyl (C=O) groups is 1. The maximum Gasteiger partial charge on any atom is 0.193 e. The van der Waals surface area contributed by atoms with Crippen LogP contribution >= 0.6 is 12.2 Å². The molecule has 3 aromatic rings. The molecule has 0 saturated heterocycles. The van der Waals surface area contributed by atoms with E-state index in [1.54, 1.807) is 0 Å². The predicted molar refractivity (Wildman–Crippen MR) is 146 cm³/mol. The van der Waals surface area contributed by atoms with E-state index in [1.165, 1.54) is 29.5 Å². The molecule has 0 amide bonds. The number of carbonyl (C=O) groups excluding carboxylic acids is 1. The summed E-state index contributed by atoms with van der Waals surface area (Å²) in [5.74, 6) is 0.00941. The minimum atomic E-state index is -0.141. The van der Waals surface area contributed by atoms with Crippen molar-refractivity contribution in [1.82, 2.24) is 5.32 Å². The van der Waals surface area contributed by atoms with Crippen molar-refractivity contribution >= 4 is 28.8 Å². The Morgan fingerprint density at radius 3 is 2.21 bits per heavy atom. The van der Waals surface area contributed by atoms with Gasteiger partial charge in [-0.15, -0.1) is 0 Å². The number of rotatable bonds is 5. The minimum absolute atomic E-state index is 0.00941. The van der Waals surface area contributed by atoms with E-state index in [2.05, 4.69) is 62.6 Å². The number of hydrogen-bond acceptors (Lipinski definition) is 2. The van der Waals surface area contributed by atoms with E-state index in [-0.39, 0.29) is 16.7 Å². The van der Waals surface area contributed by atoms with Crippen LogP contribution in [-0.2, 0) is 11.0 Å². The SMILES string of the molecule is Cc1ccccc1C1(NC(=S)Nc2cccc(C(=O)c3ccc(C(C)(C)C)cc3)c2)CCCC1. The van der Waals surface area contributed by atoms with Crippen LogP contribution in [0.25, 0.3) is 0 Å². The molecule has 0 radical (unpaired) electrons. The number of anilines is 1. The van der Waals surface area contributed by atoms with E-state index in [9.17, 15) is 4.79 Å². The summed E-state index contributed by atoms with van der Waals surface area (Å²) in [6, 6.07) is 24.1. The van der Waals surface area contributed by atoms with Gasteiger partial charge in [-0.3, -0.25) is 4.79 Å². The molecule has 2 N–H and O–H groups in total. The van der Waals surface area contributed by atoms with Crippen LogP contribution in [0.1, 0.15) is 79.1 Å². The number of ketones is 1. The number of thiocarbonyl (C=S) groups is 1. The Morgan fingerprint density at radius 2 is 1.56 bits per heavy atom. The Balaban J connectivity index is 1.49. The van der Waals surface area contributed by atoms with Crippen LogP contribution < -0.4 is 10.6 Å². The Hall–Kier alpha value is -2.98. The van der Waals surface area contributed by atoms with E-state index in [0.717, 1.165) is 18.5 Å². The molecular formula is C30H34N2OS. The number of hydrogen-bond donors (Lipinski definition) is 2. The lowest BCUT2D eigenvalue weighted by Crippen LogP contribution is -2.46. The summed E-state index contributed by atoms with van der Waals surface area (Å²) in [5, 5.41) is 7.55. The molecule has 1 aliphatic rings. The summed E-state index contributed by atoms with van der Waals surface area (Å²) >= 11 is 5.73. The van der Waals surface area contributed by atoms with Crippen LogP contribution in [0.2, 0.25) is 0 Å². The second-order valence-electron chi connectivity index (χ2n) is 10.4. The van der Waals surface area contributed by atoms with E-state index in [1.807, 2.05) is 48.5 Å². The summed E-state index contributed by atoms with van der Waals surface area (Å²) in [6.45, 7) is 8.68. The molecule has 34 heavy (non-hydrogen) atoms. The van der Waals surface area contributed by atoms with Gasteiger partial charge < -0.3 is 10.6 Å². The summed E-state index contributed by atoms with van der Waals surface area (Å²) in [4.78, 5) is 13.1. The van der Waals surface area contributed by atoms with Crippen molar-refractivity contribution in [2.75, 3.05) is 5.32 Å². The lowest BCUT2D eigenvalue weighted by molar-refractivity contribution is 0.103. The third-order valence-corrected chi connectivity index (χ3v) is 7.07. The molecule has 1 fully saturated rings. The standard InChI is InChI=1S/C30H34N2OS/c1-21-10-5-6-13-26(21)30(18-7-8-19-30)32-28(34)31-25-12-9-11-23(20-25)27(33)22-14-16-24(17-15-22)29(2,3)4/h5-6,9-17,20H,7-8,18-19H2,1-4H3,(H2,31,32,34). The van der Waals surface area contributed by atoms with Crippen LogP contribution in [-0.4, -0.2) is 10.9 Å². The molecular weight excluding hydrogens is 436 g/mol. The zero-order valence-corrected chi connectivity index (χ0v) is 21.4. The number of aryl methyl sites for hydroxylation is 1. The van der Waals surface area contributed by atoms with Crippen molar-refractivity contribution in [1.29, 1.82) is 0 Å². The average Bonchev–Trinajstić information content (AvgIpc) is 3.27. The third kappa shape index (κ3) is 5.23. The molecule has 3 nitrogen and oxygen atoms in total. The fraction of sp³-hybridized carbons (Fsp3) is 0.333. The molecule has 0 aromatic heterocycles. The highest BCUT2D eigenvalue weighted by molar-refractivity contribution is 7.80. The Labute approximate surface area is 209 Å². The van der Waals surface area contributed by atoms with E-state index >= 15 is 0 Å². The number of nitrogens with one attached hydrogen (secondary N) is 2. The summed E-state index contributed by atoms with van der Waals surface area (Å²) < 4.78 is 0. The molecule has 1 saturated carbocycles. The molecule has 4 rings (SSSR count). The maximum atomic E-state index is 13.1. The second kappa shape index (κ2) is 9.71. The quantitative estimate of drug-likeness (QED) is 0.304. The van der Waals surface area contributed by atoms with E-state index in [0.29, 0.717) is 16.2 Å². The number of benzene rings is 3. The fourth-order valence-corrected chi connectivity index (χ4v) is 5.27. The lowest BCUT2D eigenvalue weighted by atomic mass is 9.85. The van der Waals surface area contributed by atoms with Crippen molar-refractivity contribution in [3.05, 3.63) is 101 Å². The highest BCUT2D eigenvalue weighted by atomic mass is 32.1. The van der Waals surface area contributed by atoms with E-state index < -0.39 is 0 Å². The third-order valence-electron chi connectivity index (χ3n) is 6.87. The first-order valence-corrected chi connectivity index (χ1v) is 12.5. The fourth-order valence-electron chi connectivity index (χ4n) is 4.96. The zero-order valence-electron chi connectivity index (χ0n) is 20.6. The first-order chi connectivity index (χ1) is 16.2. The van der Waals surface area contributed by atoms with Gasteiger partial charge in [0, 0.05) is 16.8 Å². The van der Waals surface area contributed by atoms with Gasteiger partial charge >= 0.3 is 0 Å². The van der Waals surface area contributed by atoms with Crippen LogP contribution in [0, 0.1) is 6.92 Å². The molecule has 1 aliphatic carbocycles. The monoisotopic (exact) mass is 470 g/mol. The molecule has 0 unspecified atom stereocenters. The Kier molecular flexibility index (Phi) is 6.90. The molecule has 0 atom stereocenters. The first kappa shape index (κ1) is 24.2. The van der Waals surface area contributed by atoms with Crippen molar-refractivity contribution in [2.24, 2.45) is 0 Å². The molecule has 3 aromatic carbocycles. The average molecular weight is 471 g/mol. The summed E-state index contributed by atoms with van der Waals surface area (Å²) in [5.41, 5.74) is 5.88. The minimum Gasteiger partial charge on any atom is -0.353 e. The van der Waals surface area contributed by atoms with Gasteiger partial charge in [0.05, 0.1) is 5.54 Å². The topological polar surface area (TPSA) is 41.1 Å². The smallest absolute Gasteiger partial charge is 0.193 e. The predicted octanol–water partition coefficient (Wildman–Crippen LogP) is 7.28.